The van der Waals surface area contributed by atoms with Crippen LogP contribution in [0.25, 0.3) is 0 Å². The molecule has 0 bridgehead atoms. The Labute approximate surface area is 200 Å². The Morgan fingerprint density at radius 2 is 1.71 bits per heavy atom. The van der Waals surface area contributed by atoms with Gasteiger partial charge in [-0.15, -0.1) is 0 Å². The fraction of sp³-hybridized carbons (Fsp3) is 0.385. The highest BCUT2D eigenvalue weighted by Gasteiger charge is 2.34. The molecule has 2 amide bonds. The first-order valence-corrected chi connectivity index (χ1v) is 11.7. The molecular weight excluding hydrogens is 432 g/mol. The first kappa shape index (κ1) is 23.8. The summed E-state index contributed by atoms with van der Waals surface area (Å²) >= 11 is 0. The zero-order valence-corrected chi connectivity index (χ0v) is 19.8. The van der Waals surface area contributed by atoms with Crippen LogP contribution < -0.4 is 15.4 Å². The van der Waals surface area contributed by atoms with E-state index in [4.69, 9.17) is 9.47 Å². The molecule has 2 aliphatic rings. The van der Waals surface area contributed by atoms with Gasteiger partial charge in [0.05, 0.1) is 25.3 Å². The van der Waals surface area contributed by atoms with Crippen LogP contribution in [0, 0.1) is 0 Å². The molecule has 2 N–H and O–H groups in total. The minimum absolute atomic E-state index is 0.256. The molecule has 0 aromatic heterocycles. The molecule has 0 aliphatic carbocycles. The maximum atomic E-state index is 13.0. The normalized spacial score (nSPS) is 19.4. The number of methoxy groups -OCH3 is 1. The van der Waals surface area contributed by atoms with Crippen LogP contribution in [-0.2, 0) is 16.1 Å². The van der Waals surface area contributed by atoms with Gasteiger partial charge in [0.1, 0.15) is 5.75 Å². The smallest absolute Gasteiger partial charge is 0.338 e. The van der Waals surface area contributed by atoms with E-state index in [1.54, 1.807) is 14.0 Å². The second kappa shape index (κ2) is 11.2. The fourth-order valence-corrected chi connectivity index (χ4v) is 4.43. The predicted molar refractivity (Wildman–Crippen MR) is 129 cm³/mol. The summed E-state index contributed by atoms with van der Waals surface area (Å²) in [6.07, 6.45) is 0. The van der Waals surface area contributed by atoms with Crippen molar-refractivity contribution >= 4 is 12.0 Å². The van der Waals surface area contributed by atoms with E-state index in [2.05, 4.69) is 44.7 Å². The lowest BCUT2D eigenvalue weighted by Gasteiger charge is -2.37. The summed E-state index contributed by atoms with van der Waals surface area (Å²) in [7, 11) is 1.59. The summed E-state index contributed by atoms with van der Waals surface area (Å²) in [5.41, 5.74) is 3.09. The van der Waals surface area contributed by atoms with E-state index in [1.165, 1.54) is 5.56 Å². The minimum Gasteiger partial charge on any atom is -0.497 e. The third-order valence-corrected chi connectivity index (χ3v) is 6.17. The molecule has 2 heterocycles. The molecule has 180 valence electrons. The lowest BCUT2D eigenvalue weighted by molar-refractivity contribution is -0.139. The van der Waals surface area contributed by atoms with Gasteiger partial charge in [0.25, 0.3) is 0 Å². The van der Waals surface area contributed by atoms with Crippen LogP contribution >= 0.6 is 0 Å². The zero-order valence-electron chi connectivity index (χ0n) is 19.8. The summed E-state index contributed by atoms with van der Waals surface area (Å²) < 4.78 is 10.7. The molecule has 2 aromatic rings. The molecule has 1 atom stereocenters. The van der Waals surface area contributed by atoms with Crippen molar-refractivity contribution in [3.05, 3.63) is 77.0 Å². The van der Waals surface area contributed by atoms with Gasteiger partial charge in [-0.3, -0.25) is 9.80 Å². The molecule has 1 unspecified atom stereocenters. The zero-order chi connectivity index (χ0) is 23.9. The number of benzene rings is 2. The molecule has 1 fully saturated rings. The Balaban J connectivity index is 1.52. The van der Waals surface area contributed by atoms with Crippen molar-refractivity contribution < 1.29 is 19.1 Å². The fourth-order valence-electron chi connectivity index (χ4n) is 4.43. The summed E-state index contributed by atoms with van der Waals surface area (Å²) in [6.45, 7) is 6.96. The molecule has 4 rings (SSSR count). The largest absolute Gasteiger partial charge is 0.497 e. The van der Waals surface area contributed by atoms with E-state index in [9.17, 15) is 9.59 Å². The van der Waals surface area contributed by atoms with Crippen LogP contribution in [0.5, 0.6) is 5.75 Å². The summed E-state index contributed by atoms with van der Waals surface area (Å²) in [5, 5.41) is 5.76. The molecule has 2 aromatic carbocycles. The monoisotopic (exact) mass is 464 g/mol. The average molecular weight is 465 g/mol. The second-order valence-corrected chi connectivity index (χ2v) is 8.46. The maximum absolute atomic E-state index is 13.0. The third kappa shape index (κ3) is 5.76. The van der Waals surface area contributed by atoms with Crippen molar-refractivity contribution in [2.24, 2.45) is 0 Å². The first-order chi connectivity index (χ1) is 16.6. The highest BCUT2D eigenvalue weighted by Crippen LogP contribution is 2.30. The lowest BCUT2D eigenvalue weighted by atomic mass is 9.94. The van der Waals surface area contributed by atoms with E-state index in [0.717, 1.165) is 38.3 Å². The van der Waals surface area contributed by atoms with Gasteiger partial charge >= 0.3 is 12.0 Å². The Kier molecular flexibility index (Phi) is 7.82. The van der Waals surface area contributed by atoms with Crippen LogP contribution in [0.4, 0.5) is 4.79 Å². The molecule has 2 aliphatic heterocycles. The highest BCUT2D eigenvalue weighted by molar-refractivity contribution is 5.95. The van der Waals surface area contributed by atoms with Gasteiger partial charge in [0, 0.05) is 45.0 Å². The molecule has 0 spiro atoms. The SMILES string of the molecule is CCOC(=O)C1=C(CN2CCN(Cc3ccccc3)CC2)NC(=O)NC1c1cccc(OC)c1. The van der Waals surface area contributed by atoms with Crippen molar-refractivity contribution in [1.29, 1.82) is 0 Å². The predicted octanol–water partition coefficient (Wildman–Crippen LogP) is 2.68. The second-order valence-electron chi connectivity index (χ2n) is 8.46. The number of amides is 2. The number of esters is 1. The Hall–Kier alpha value is -3.36. The van der Waals surface area contributed by atoms with Crippen LogP contribution in [0.2, 0.25) is 0 Å². The van der Waals surface area contributed by atoms with Crippen molar-refractivity contribution in [2.45, 2.75) is 19.5 Å². The molecule has 0 saturated carbocycles. The number of ether oxygens (including phenoxy) is 2. The van der Waals surface area contributed by atoms with Gasteiger partial charge < -0.3 is 20.1 Å². The van der Waals surface area contributed by atoms with Crippen molar-refractivity contribution in [2.75, 3.05) is 46.4 Å². The van der Waals surface area contributed by atoms with Crippen molar-refractivity contribution in [1.82, 2.24) is 20.4 Å². The van der Waals surface area contributed by atoms with E-state index in [0.29, 0.717) is 23.6 Å². The van der Waals surface area contributed by atoms with Gasteiger partial charge in [-0.2, -0.15) is 0 Å². The van der Waals surface area contributed by atoms with E-state index >= 15 is 0 Å². The topological polar surface area (TPSA) is 83.1 Å². The standard InChI is InChI=1S/C26H32N4O4/c1-3-34-25(31)23-22(27-26(32)28-24(23)20-10-7-11-21(16-20)33-2)18-30-14-12-29(13-15-30)17-19-8-5-4-6-9-19/h4-11,16,24H,3,12-15,17-18H2,1-2H3,(H2,27,28,32). The Morgan fingerprint density at radius 1 is 1.00 bits per heavy atom. The number of rotatable bonds is 8. The van der Waals surface area contributed by atoms with Crippen molar-refractivity contribution in [3.63, 3.8) is 0 Å². The summed E-state index contributed by atoms with van der Waals surface area (Å²) in [6, 6.07) is 16.9. The average Bonchev–Trinajstić information content (AvgIpc) is 2.85. The van der Waals surface area contributed by atoms with Crippen LogP contribution in [0.1, 0.15) is 24.1 Å². The minimum atomic E-state index is -0.614. The number of hydrogen-bond acceptors (Lipinski definition) is 6. The molecule has 0 radical (unpaired) electrons. The van der Waals surface area contributed by atoms with Crippen LogP contribution in [0.3, 0.4) is 0 Å². The molecule has 8 nitrogen and oxygen atoms in total. The Bertz CT molecular complexity index is 1030. The first-order valence-electron chi connectivity index (χ1n) is 11.7. The van der Waals surface area contributed by atoms with E-state index in [1.807, 2.05) is 30.3 Å². The van der Waals surface area contributed by atoms with Crippen molar-refractivity contribution in [3.8, 4) is 5.75 Å². The number of nitrogens with zero attached hydrogens (tertiary/aromatic N) is 2. The molecule has 1 saturated heterocycles. The quantitative estimate of drug-likeness (QED) is 0.585. The third-order valence-electron chi connectivity index (χ3n) is 6.17. The lowest BCUT2D eigenvalue weighted by Crippen LogP contribution is -2.51. The summed E-state index contributed by atoms with van der Waals surface area (Å²) in [4.78, 5) is 30.3. The maximum Gasteiger partial charge on any atom is 0.338 e. The Morgan fingerprint density at radius 3 is 2.38 bits per heavy atom. The number of nitrogens with one attached hydrogen (secondary N) is 2. The van der Waals surface area contributed by atoms with Crippen LogP contribution in [0.15, 0.2) is 65.9 Å². The molecular formula is C26H32N4O4. The number of carbonyl (C=O) groups is 2. The van der Waals surface area contributed by atoms with E-state index < -0.39 is 12.0 Å². The number of hydrogen-bond donors (Lipinski definition) is 2. The van der Waals surface area contributed by atoms with Gasteiger partial charge in [-0.1, -0.05) is 42.5 Å². The van der Waals surface area contributed by atoms with Gasteiger partial charge in [0.15, 0.2) is 0 Å². The summed E-state index contributed by atoms with van der Waals surface area (Å²) in [5.74, 6) is 0.227. The van der Waals surface area contributed by atoms with Crippen LogP contribution in [-0.4, -0.2) is 68.2 Å². The van der Waals surface area contributed by atoms with Gasteiger partial charge in [-0.05, 0) is 30.2 Å². The molecule has 8 heteroatoms. The number of urea groups is 1. The van der Waals surface area contributed by atoms with Gasteiger partial charge in [0.2, 0.25) is 0 Å². The number of carbonyl (C=O) groups excluding carboxylic acids is 2. The highest BCUT2D eigenvalue weighted by atomic mass is 16.5. The van der Waals surface area contributed by atoms with Gasteiger partial charge in [-0.25, -0.2) is 9.59 Å². The molecule has 34 heavy (non-hydrogen) atoms. The number of piperazine rings is 1. The van der Waals surface area contributed by atoms with E-state index in [-0.39, 0.29) is 12.6 Å².